The molecule has 2 aliphatic rings. The number of thioether (sulfide) groups is 1. The van der Waals surface area contributed by atoms with E-state index in [1.807, 2.05) is 6.08 Å². The first-order chi connectivity index (χ1) is 8.67. The highest BCUT2D eigenvalue weighted by atomic mass is 32.2. The fraction of sp³-hybridized carbons (Fsp3) is 0.200. The van der Waals surface area contributed by atoms with Crippen LogP contribution >= 0.6 is 11.8 Å². The van der Waals surface area contributed by atoms with Gasteiger partial charge in [-0.25, -0.2) is 0 Å². The van der Waals surface area contributed by atoms with Crippen molar-refractivity contribution in [3.05, 3.63) is 34.1 Å². The van der Waals surface area contributed by atoms with Crippen LogP contribution in [0, 0.1) is 0 Å². The summed E-state index contributed by atoms with van der Waals surface area (Å²) >= 11 is 1.37. The van der Waals surface area contributed by atoms with Crippen LogP contribution < -0.4 is 21.9 Å². The van der Waals surface area contributed by atoms with Gasteiger partial charge in [0, 0.05) is 0 Å². The average molecular weight is 265 g/mol. The number of hydrogen-bond acceptors (Lipinski definition) is 7. The first kappa shape index (κ1) is 11.0. The van der Waals surface area contributed by atoms with Crippen LogP contribution in [-0.2, 0) is 4.74 Å². The normalized spacial score (nSPS) is 20.6. The van der Waals surface area contributed by atoms with Gasteiger partial charge in [-0.15, -0.1) is 0 Å². The predicted octanol–water partition coefficient (Wildman–Crippen LogP) is 0.171. The fourth-order valence-electron chi connectivity index (χ4n) is 1.76. The lowest BCUT2D eigenvalue weighted by atomic mass is 10.3. The quantitative estimate of drug-likeness (QED) is 0.573. The number of nitrogens with one attached hydrogen (secondary N) is 3. The van der Waals surface area contributed by atoms with Crippen LogP contribution in [0.3, 0.4) is 0 Å². The summed E-state index contributed by atoms with van der Waals surface area (Å²) in [5, 5.41) is 6.15. The van der Waals surface area contributed by atoms with Gasteiger partial charge in [0.1, 0.15) is 10.3 Å². The monoisotopic (exact) mass is 265 g/mol. The topological polar surface area (TPSA) is 105 Å². The number of rotatable bonds is 1. The van der Waals surface area contributed by atoms with Crippen molar-refractivity contribution in [2.24, 2.45) is 0 Å². The number of hydrogen-bond donors (Lipinski definition) is 4. The van der Waals surface area contributed by atoms with Gasteiger partial charge in [0.15, 0.2) is 11.7 Å². The Bertz CT molecular complexity index is 621. The Balaban J connectivity index is 2.02. The molecule has 0 aliphatic carbocycles. The number of fused-ring (bicyclic) bond motifs is 2. The van der Waals surface area contributed by atoms with E-state index in [9.17, 15) is 4.79 Å². The molecule has 0 saturated heterocycles. The van der Waals surface area contributed by atoms with Crippen LogP contribution in [0.25, 0.3) is 0 Å². The number of H-pyrrole nitrogens is 1. The first-order valence-corrected chi connectivity index (χ1v) is 6.11. The number of aromatic amines is 1. The van der Waals surface area contributed by atoms with Crippen LogP contribution in [0.15, 0.2) is 33.4 Å². The van der Waals surface area contributed by atoms with E-state index in [-0.39, 0.29) is 16.9 Å². The molecule has 0 fully saturated rings. The van der Waals surface area contributed by atoms with E-state index in [4.69, 9.17) is 10.5 Å². The summed E-state index contributed by atoms with van der Waals surface area (Å²) < 4.78 is 5.12. The van der Waals surface area contributed by atoms with Gasteiger partial charge in [-0.1, -0.05) is 11.8 Å². The van der Waals surface area contributed by atoms with Gasteiger partial charge in [-0.3, -0.25) is 9.78 Å². The number of nitrogens with two attached hydrogens (primary N) is 1. The Hall–Kier alpha value is -2.09. The van der Waals surface area contributed by atoms with Crippen LogP contribution in [0.5, 0.6) is 0 Å². The number of anilines is 2. The van der Waals surface area contributed by atoms with Gasteiger partial charge >= 0.3 is 0 Å². The van der Waals surface area contributed by atoms with Crippen LogP contribution in [0.4, 0.5) is 11.8 Å². The molecular formula is C10H11N5O2S. The van der Waals surface area contributed by atoms with Gasteiger partial charge in [-0.05, 0) is 12.2 Å². The molecule has 94 valence electrons. The number of methoxy groups -OCH3 is 1. The number of aromatic nitrogens is 2. The van der Waals surface area contributed by atoms with E-state index >= 15 is 0 Å². The summed E-state index contributed by atoms with van der Waals surface area (Å²) in [6.07, 6.45) is 3.69. The lowest BCUT2D eigenvalue weighted by molar-refractivity contribution is 0.260. The molecule has 0 bridgehead atoms. The van der Waals surface area contributed by atoms with Crippen molar-refractivity contribution in [3.63, 3.8) is 0 Å². The molecule has 8 heteroatoms. The lowest BCUT2D eigenvalue weighted by Gasteiger charge is -2.30. The Morgan fingerprint density at radius 1 is 1.50 bits per heavy atom. The summed E-state index contributed by atoms with van der Waals surface area (Å²) in [5.74, 6) is 1.24. The molecule has 1 atom stereocenters. The van der Waals surface area contributed by atoms with Crippen molar-refractivity contribution in [3.8, 4) is 0 Å². The van der Waals surface area contributed by atoms with Gasteiger partial charge in [-0.2, -0.15) is 4.98 Å². The smallest absolute Gasteiger partial charge is 0.268 e. The number of nitrogens with zero attached hydrogens (tertiary/aromatic N) is 1. The molecule has 1 aromatic heterocycles. The molecule has 1 unspecified atom stereocenters. The zero-order chi connectivity index (χ0) is 12.7. The maximum atomic E-state index is 11.8. The highest BCUT2D eigenvalue weighted by molar-refractivity contribution is 8.00. The standard InChI is InChI=1S/C10H11N5O2S/c1-17-5-3-2-4-9(13-5)18-6-7(12-4)14-10(11)15-8(6)16/h2-3,9,13H,1H3,(H4,11,12,14,15,16). The number of nitrogen functional groups attached to an aromatic ring is 1. The Morgan fingerprint density at radius 3 is 3.11 bits per heavy atom. The van der Waals surface area contributed by atoms with E-state index in [0.29, 0.717) is 16.6 Å². The molecule has 2 aliphatic heterocycles. The van der Waals surface area contributed by atoms with Crippen LogP contribution in [-0.4, -0.2) is 22.5 Å². The molecule has 0 aromatic carbocycles. The highest BCUT2D eigenvalue weighted by Crippen LogP contribution is 2.36. The molecule has 0 amide bonds. The summed E-state index contributed by atoms with van der Waals surface area (Å²) in [4.78, 5) is 18.8. The zero-order valence-corrected chi connectivity index (χ0v) is 10.3. The van der Waals surface area contributed by atoms with Crippen LogP contribution in [0.2, 0.25) is 0 Å². The molecule has 5 N–H and O–H groups in total. The average Bonchev–Trinajstić information content (AvgIpc) is 2.36. The fourth-order valence-corrected chi connectivity index (χ4v) is 2.81. The second-order valence-corrected chi connectivity index (χ2v) is 4.87. The molecule has 3 heterocycles. The minimum absolute atomic E-state index is 0.0935. The van der Waals surface area contributed by atoms with E-state index in [2.05, 4.69) is 20.6 Å². The third-order valence-corrected chi connectivity index (χ3v) is 3.81. The number of dihydropyridines is 1. The van der Waals surface area contributed by atoms with Crippen LogP contribution in [0.1, 0.15) is 0 Å². The third kappa shape index (κ3) is 1.70. The van der Waals surface area contributed by atoms with E-state index in [1.165, 1.54) is 11.8 Å². The Kier molecular flexibility index (Phi) is 2.44. The summed E-state index contributed by atoms with van der Waals surface area (Å²) in [6.45, 7) is 0. The van der Waals surface area contributed by atoms with E-state index in [1.54, 1.807) is 13.2 Å². The SMILES string of the molecule is COC1=CC=C2Nc3nc(N)[nH]c(=O)c3SC2N1. The largest absolute Gasteiger partial charge is 0.482 e. The third-order valence-electron chi connectivity index (χ3n) is 2.58. The van der Waals surface area contributed by atoms with Gasteiger partial charge < -0.3 is 21.1 Å². The van der Waals surface area contributed by atoms with Gasteiger partial charge in [0.2, 0.25) is 5.95 Å². The first-order valence-electron chi connectivity index (χ1n) is 5.23. The van der Waals surface area contributed by atoms with Gasteiger partial charge in [0.25, 0.3) is 5.56 Å². The zero-order valence-electron chi connectivity index (χ0n) is 9.48. The molecular weight excluding hydrogens is 254 g/mol. The maximum absolute atomic E-state index is 11.8. The molecule has 18 heavy (non-hydrogen) atoms. The van der Waals surface area contributed by atoms with E-state index in [0.717, 1.165) is 5.70 Å². The Labute approximate surface area is 107 Å². The molecule has 0 saturated carbocycles. The second-order valence-electron chi connectivity index (χ2n) is 3.75. The van der Waals surface area contributed by atoms with Crippen molar-refractivity contribution in [1.29, 1.82) is 0 Å². The Morgan fingerprint density at radius 2 is 2.33 bits per heavy atom. The minimum Gasteiger partial charge on any atom is -0.482 e. The second kappa shape index (κ2) is 3.98. The van der Waals surface area contributed by atoms with Crippen molar-refractivity contribution < 1.29 is 4.74 Å². The van der Waals surface area contributed by atoms with Gasteiger partial charge in [0.05, 0.1) is 12.8 Å². The van der Waals surface area contributed by atoms with Crippen molar-refractivity contribution in [2.75, 3.05) is 18.2 Å². The predicted molar refractivity (Wildman–Crippen MR) is 68.8 cm³/mol. The molecule has 0 radical (unpaired) electrons. The molecule has 0 spiro atoms. The maximum Gasteiger partial charge on any atom is 0.268 e. The van der Waals surface area contributed by atoms with Crippen molar-refractivity contribution >= 4 is 23.5 Å². The highest BCUT2D eigenvalue weighted by Gasteiger charge is 2.29. The molecule has 3 rings (SSSR count). The number of ether oxygens (including phenoxy) is 1. The van der Waals surface area contributed by atoms with E-state index < -0.39 is 0 Å². The summed E-state index contributed by atoms with van der Waals surface area (Å²) in [5.41, 5.74) is 6.17. The number of allylic oxidation sites excluding steroid dienone is 2. The molecule has 7 nitrogen and oxygen atoms in total. The van der Waals surface area contributed by atoms with Crippen molar-refractivity contribution in [2.45, 2.75) is 10.3 Å². The van der Waals surface area contributed by atoms with Crippen molar-refractivity contribution in [1.82, 2.24) is 15.3 Å². The summed E-state index contributed by atoms with van der Waals surface area (Å²) in [7, 11) is 1.58. The minimum atomic E-state index is -0.246. The summed E-state index contributed by atoms with van der Waals surface area (Å²) in [6, 6.07) is 0. The lowest BCUT2D eigenvalue weighted by Crippen LogP contribution is -2.37. The molecule has 1 aromatic rings.